The van der Waals surface area contributed by atoms with Crippen LogP contribution in [-0.4, -0.2) is 120 Å². The summed E-state index contributed by atoms with van der Waals surface area (Å²) in [6.07, 6.45) is 10.0. The van der Waals surface area contributed by atoms with Crippen molar-refractivity contribution in [3.05, 3.63) is 0 Å². The molecular formula is C34H59N5O5. The summed E-state index contributed by atoms with van der Waals surface area (Å²) in [6, 6.07) is -1.82. The van der Waals surface area contributed by atoms with E-state index < -0.39 is 17.5 Å². The first-order valence-corrected chi connectivity index (χ1v) is 17.3. The van der Waals surface area contributed by atoms with Crippen LogP contribution in [0.25, 0.3) is 0 Å². The standard InChI is InChI=1S/C34H59N5O5/c1-23(2)28(37(7)32(42)29(34(3,4)5)35-30(40)25-16-10-11-19-36(25)6)22-38-20-12-17-26(38)31(41)39-21-13-18-27(39)33(43)44-24-14-8-9-15-24/h23-29H,8-22H2,1-7H3,(H,35,40). The number of piperidine rings is 1. The van der Waals surface area contributed by atoms with E-state index in [4.69, 9.17) is 4.74 Å². The molecular weight excluding hydrogens is 558 g/mol. The number of carbonyl (C=O) groups excluding carboxylic acids is 4. The molecule has 44 heavy (non-hydrogen) atoms. The number of nitrogens with one attached hydrogen (secondary N) is 1. The van der Waals surface area contributed by atoms with Crippen molar-refractivity contribution >= 4 is 23.7 Å². The average molecular weight is 618 g/mol. The molecule has 0 aromatic carbocycles. The first-order valence-electron chi connectivity index (χ1n) is 17.3. The van der Waals surface area contributed by atoms with Crippen molar-refractivity contribution in [2.45, 2.75) is 142 Å². The van der Waals surface area contributed by atoms with Crippen molar-refractivity contribution in [1.29, 1.82) is 0 Å². The zero-order valence-electron chi connectivity index (χ0n) is 28.5. The third kappa shape index (κ3) is 8.14. The second-order valence-corrected chi connectivity index (χ2v) is 15.2. The van der Waals surface area contributed by atoms with E-state index in [-0.39, 0.29) is 53.8 Å². The normalized spacial score (nSPS) is 27.0. The molecule has 0 aromatic rings. The predicted octanol–water partition coefficient (Wildman–Crippen LogP) is 3.43. The molecule has 5 unspecified atom stereocenters. The second kappa shape index (κ2) is 14.9. The smallest absolute Gasteiger partial charge is 0.329 e. The van der Waals surface area contributed by atoms with Crippen LogP contribution in [0.4, 0.5) is 0 Å². The topological polar surface area (TPSA) is 103 Å². The zero-order chi connectivity index (χ0) is 32.2. The van der Waals surface area contributed by atoms with Crippen molar-refractivity contribution in [3.63, 3.8) is 0 Å². The van der Waals surface area contributed by atoms with Gasteiger partial charge in [-0.25, -0.2) is 4.79 Å². The van der Waals surface area contributed by atoms with Gasteiger partial charge in [-0.15, -0.1) is 0 Å². The molecule has 1 saturated carbocycles. The van der Waals surface area contributed by atoms with E-state index in [1.807, 2.05) is 39.8 Å². The molecule has 3 saturated heterocycles. The van der Waals surface area contributed by atoms with Crippen LogP contribution in [0.3, 0.4) is 0 Å². The molecule has 0 spiro atoms. The summed E-state index contributed by atoms with van der Waals surface area (Å²) in [6.45, 7) is 13.0. The number of nitrogens with zero attached hydrogens (tertiary/aromatic N) is 4. The number of hydrogen-bond acceptors (Lipinski definition) is 7. The van der Waals surface area contributed by atoms with Crippen molar-refractivity contribution < 1.29 is 23.9 Å². The summed E-state index contributed by atoms with van der Waals surface area (Å²) in [5.74, 6) is -0.262. The largest absolute Gasteiger partial charge is 0.461 e. The number of rotatable bonds is 10. The summed E-state index contributed by atoms with van der Waals surface area (Å²) in [5.41, 5.74) is -0.472. The fraction of sp³-hybridized carbons (Fsp3) is 0.882. The SMILES string of the molecule is CC(C)C(CN1CCCC1C(=O)N1CCCC1C(=O)OC1CCCC1)N(C)C(=O)C(NC(=O)C1CCCCN1C)C(C)(C)C. The van der Waals surface area contributed by atoms with Gasteiger partial charge >= 0.3 is 5.97 Å². The highest BCUT2D eigenvalue weighted by Gasteiger charge is 2.44. The van der Waals surface area contributed by atoms with E-state index in [0.717, 1.165) is 77.3 Å². The van der Waals surface area contributed by atoms with Gasteiger partial charge in [-0.2, -0.15) is 0 Å². The lowest BCUT2D eigenvalue weighted by Crippen LogP contribution is -2.61. The Hall–Kier alpha value is -2.20. The molecule has 4 rings (SSSR count). The van der Waals surface area contributed by atoms with E-state index in [9.17, 15) is 19.2 Å². The number of hydrogen-bond donors (Lipinski definition) is 1. The van der Waals surface area contributed by atoms with Crippen LogP contribution >= 0.6 is 0 Å². The highest BCUT2D eigenvalue weighted by Crippen LogP contribution is 2.30. The molecule has 0 radical (unpaired) electrons. The highest BCUT2D eigenvalue weighted by molar-refractivity contribution is 5.91. The molecule has 1 N–H and O–H groups in total. The molecule has 10 heteroatoms. The van der Waals surface area contributed by atoms with Gasteiger partial charge in [0.2, 0.25) is 17.7 Å². The zero-order valence-corrected chi connectivity index (χ0v) is 28.5. The fourth-order valence-electron chi connectivity index (χ4n) is 7.72. The maximum Gasteiger partial charge on any atom is 0.329 e. The van der Waals surface area contributed by atoms with Gasteiger partial charge in [0.25, 0.3) is 0 Å². The van der Waals surface area contributed by atoms with Crippen LogP contribution in [-0.2, 0) is 23.9 Å². The monoisotopic (exact) mass is 617 g/mol. The van der Waals surface area contributed by atoms with Gasteiger partial charge in [-0.3, -0.25) is 24.2 Å². The first-order chi connectivity index (χ1) is 20.8. The molecule has 10 nitrogen and oxygen atoms in total. The molecule has 0 bridgehead atoms. The summed E-state index contributed by atoms with van der Waals surface area (Å²) in [4.78, 5) is 62.4. The van der Waals surface area contributed by atoms with Crippen LogP contribution in [0, 0.1) is 11.3 Å². The summed E-state index contributed by atoms with van der Waals surface area (Å²) < 4.78 is 5.82. The van der Waals surface area contributed by atoms with Gasteiger partial charge in [0.15, 0.2) is 0 Å². The summed E-state index contributed by atoms with van der Waals surface area (Å²) >= 11 is 0. The minimum atomic E-state index is -0.663. The Morgan fingerprint density at radius 1 is 0.841 bits per heavy atom. The van der Waals surface area contributed by atoms with Crippen LogP contribution in [0.5, 0.6) is 0 Å². The van der Waals surface area contributed by atoms with Crippen LogP contribution in [0.2, 0.25) is 0 Å². The maximum absolute atomic E-state index is 14.1. The van der Waals surface area contributed by atoms with Crippen molar-refractivity contribution in [3.8, 4) is 0 Å². The second-order valence-electron chi connectivity index (χ2n) is 15.2. The Morgan fingerprint density at radius 3 is 2.09 bits per heavy atom. The van der Waals surface area contributed by atoms with Gasteiger partial charge in [-0.05, 0) is 95.7 Å². The third-order valence-corrected chi connectivity index (χ3v) is 10.6. The Labute approximate surface area is 265 Å². The Morgan fingerprint density at radius 2 is 1.45 bits per heavy atom. The molecule has 3 aliphatic heterocycles. The van der Waals surface area contributed by atoms with Gasteiger partial charge < -0.3 is 19.9 Å². The number of esters is 1. The molecule has 5 atom stereocenters. The number of carbonyl (C=O) groups is 4. The number of amides is 3. The highest BCUT2D eigenvalue weighted by atomic mass is 16.5. The van der Waals surface area contributed by atoms with E-state index >= 15 is 0 Å². The summed E-state index contributed by atoms with van der Waals surface area (Å²) in [7, 11) is 3.82. The van der Waals surface area contributed by atoms with Gasteiger partial charge in [0.05, 0.1) is 12.1 Å². The van der Waals surface area contributed by atoms with Crippen LogP contribution in [0.1, 0.15) is 105 Å². The quantitative estimate of drug-likeness (QED) is 0.375. The van der Waals surface area contributed by atoms with Gasteiger partial charge in [0, 0.05) is 26.2 Å². The van der Waals surface area contributed by atoms with Crippen molar-refractivity contribution in [1.82, 2.24) is 24.9 Å². The lowest BCUT2D eigenvalue weighted by atomic mass is 9.84. The molecule has 0 aromatic heterocycles. The van der Waals surface area contributed by atoms with Crippen LogP contribution in [0.15, 0.2) is 0 Å². The molecule has 3 amide bonds. The Kier molecular flexibility index (Phi) is 11.8. The lowest BCUT2D eigenvalue weighted by Gasteiger charge is -2.41. The third-order valence-electron chi connectivity index (χ3n) is 10.6. The van der Waals surface area contributed by atoms with Crippen LogP contribution < -0.4 is 5.32 Å². The number of likely N-dealkylation sites (N-methyl/N-ethyl adjacent to an activating group) is 2. The number of likely N-dealkylation sites (tertiary alicyclic amines) is 3. The van der Waals surface area contributed by atoms with Crippen molar-refractivity contribution in [2.24, 2.45) is 11.3 Å². The Bertz CT molecular complexity index is 1020. The fourth-order valence-corrected chi connectivity index (χ4v) is 7.72. The van der Waals surface area contributed by atoms with Gasteiger partial charge in [0.1, 0.15) is 18.2 Å². The van der Waals surface area contributed by atoms with E-state index in [2.05, 4.69) is 29.0 Å². The molecule has 4 fully saturated rings. The summed E-state index contributed by atoms with van der Waals surface area (Å²) in [5, 5.41) is 3.14. The van der Waals surface area contributed by atoms with Crippen molar-refractivity contribution in [2.75, 3.05) is 40.3 Å². The molecule has 3 heterocycles. The van der Waals surface area contributed by atoms with E-state index in [1.54, 1.807) is 4.90 Å². The lowest BCUT2D eigenvalue weighted by molar-refractivity contribution is -0.159. The minimum absolute atomic E-state index is 0.00631. The maximum atomic E-state index is 14.1. The number of ether oxygens (including phenoxy) is 1. The van der Waals surface area contributed by atoms with E-state index in [1.165, 1.54) is 0 Å². The predicted molar refractivity (Wildman–Crippen MR) is 171 cm³/mol. The molecule has 250 valence electrons. The first kappa shape index (κ1) is 34.7. The van der Waals surface area contributed by atoms with Gasteiger partial charge in [-0.1, -0.05) is 41.0 Å². The Balaban J connectivity index is 1.43. The minimum Gasteiger partial charge on any atom is -0.461 e. The van der Waals surface area contributed by atoms with E-state index in [0.29, 0.717) is 19.5 Å². The average Bonchev–Trinajstić information content (AvgIpc) is 3.75. The molecule has 4 aliphatic rings. The molecule has 1 aliphatic carbocycles.